The van der Waals surface area contributed by atoms with E-state index < -0.39 is 16.0 Å². The number of hydrogen-bond donors (Lipinski definition) is 3. The van der Waals surface area contributed by atoms with Crippen molar-refractivity contribution in [1.29, 1.82) is 0 Å². The molecule has 0 saturated heterocycles. The number of aliphatic carboxylic acids is 1. The first kappa shape index (κ1) is 17.8. The number of thiazole rings is 1. The molecule has 0 spiro atoms. The van der Waals surface area contributed by atoms with Gasteiger partial charge in [0, 0.05) is 11.4 Å². The minimum atomic E-state index is -3.75. The molecule has 3 N–H and O–H groups in total. The average molecular weight is 381 g/mol. The molecular formula is C16H19N3O4S2. The van der Waals surface area contributed by atoms with E-state index in [0.717, 1.165) is 10.6 Å². The van der Waals surface area contributed by atoms with Crippen molar-refractivity contribution < 1.29 is 18.3 Å². The van der Waals surface area contributed by atoms with Gasteiger partial charge in [0.05, 0.1) is 23.1 Å². The number of nitrogens with one attached hydrogen (secondary N) is 2. The molecule has 0 saturated carbocycles. The molecule has 2 heterocycles. The van der Waals surface area contributed by atoms with E-state index >= 15 is 0 Å². The number of carboxylic acid groups (broad SMARTS) is 1. The molecule has 1 aliphatic rings. The van der Waals surface area contributed by atoms with Crippen LogP contribution < -0.4 is 10.0 Å². The van der Waals surface area contributed by atoms with Crippen molar-refractivity contribution in [1.82, 2.24) is 10.3 Å². The maximum absolute atomic E-state index is 12.5. The Morgan fingerprint density at radius 2 is 2.08 bits per heavy atom. The monoisotopic (exact) mass is 381 g/mol. The summed E-state index contributed by atoms with van der Waals surface area (Å²) in [6.07, 6.45) is -0.142. The molecule has 9 heteroatoms. The van der Waals surface area contributed by atoms with E-state index in [0.29, 0.717) is 23.2 Å². The Kier molecular flexibility index (Phi) is 4.81. The van der Waals surface area contributed by atoms with Gasteiger partial charge in [-0.3, -0.25) is 9.52 Å². The standard InChI is InChI=1S/C16H19N3O4S2/c1-9(2)14-15-12(8-17-14)24-16(18-15)19-25(22,23)11-5-3-10(4-6-11)7-13(20)21/h3-6,9,14,17H,7-8H2,1-2H3,(H,18,19)(H,20,21). The number of aromatic nitrogens is 1. The average Bonchev–Trinajstić information content (AvgIpc) is 3.06. The molecule has 2 aromatic rings. The SMILES string of the molecule is CC(C)C1NCc2sc(NS(=O)(=O)c3ccc(CC(=O)O)cc3)nc21. The lowest BCUT2D eigenvalue weighted by Crippen LogP contribution is -2.19. The molecule has 1 aromatic carbocycles. The highest BCUT2D eigenvalue weighted by Gasteiger charge is 2.29. The molecule has 7 nitrogen and oxygen atoms in total. The van der Waals surface area contributed by atoms with Gasteiger partial charge in [0.1, 0.15) is 0 Å². The van der Waals surface area contributed by atoms with Gasteiger partial charge in [-0.1, -0.05) is 37.3 Å². The van der Waals surface area contributed by atoms with Crippen molar-refractivity contribution in [2.24, 2.45) is 5.92 Å². The number of carboxylic acids is 1. The van der Waals surface area contributed by atoms with Crippen LogP contribution in [-0.2, 0) is 27.8 Å². The number of rotatable bonds is 6. The van der Waals surface area contributed by atoms with E-state index in [1.807, 2.05) is 0 Å². The third-order valence-electron chi connectivity index (χ3n) is 3.98. The fraction of sp³-hybridized carbons (Fsp3) is 0.375. The van der Waals surface area contributed by atoms with Crippen LogP contribution in [-0.4, -0.2) is 24.5 Å². The second kappa shape index (κ2) is 6.74. The van der Waals surface area contributed by atoms with E-state index in [2.05, 4.69) is 28.9 Å². The molecule has 25 heavy (non-hydrogen) atoms. The van der Waals surface area contributed by atoms with Gasteiger partial charge in [-0.25, -0.2) is 13.4 Å². The van der Waals surface area contributed by atoms with Gasteiger partial charge in [-0.05, 0) is 23.6 Å². The summed E-state index contributed by atoms with van der Waals surface area (Å²) >= 11 is 1.33. The Morgan fingerprint density at radius 3 is 2.68 bits per heavy atom. The fourth-order valence-corrected chi connectivity index (χ4v) is 4.96. The van der Waals surface area contributed by atoms with E-state index in [-0.39, 0.29) is 17.4 Å². The number of anilines is 1. The van der Waals surface area contributed by atoms with Crippen molar-refractivity contribution >= 4 is 32.5 Å². The zero-order valence-electron chi connectivity index (χ0n) is 13.8. The molecule has 0 radical (unpaired) electrons. The third-order valence-corrected chi connectivity index (χ3v) is 6.45. The first-order valence-corrected chi connectivity index (χ1v) is 10.1. The van der Waals surface area contributed by atoms with Crippen molar-refractivity contribution in [3.63, 3.8) is 0 Å². The maximum atomic E-state index is 12.5. The molecule has 0 amide bonds. The number of benzene rings is 1. The molecule has 1 atom stereocenters. The predicted molar refractivity (Wildman–Crippen MR) is 95.1 cm³/mol. The van der Waals surface area contributed by atoms with Crippen molar-refractivity contribution in [3.8, 4) is 0 Å². The first-order valence-electron chi connectivity index (χ1n) is 7.83. The molecule has 3 rings (SSSR count). The Labute approximate surface area is 150 Å². The molecule has 0 fully saturated rings. The number of fused-ring (bicyclic) bond motifs is 1. The zero-order chi connectivity index (χ0) is 18.2. The van der Waals surface area contributed by atoms with Crippen LogP contribution in [0.5, 0.6) is 0 Å². The molecule has 1 aliphatic heterocycles. The lowest BCUT2D eigenvalue weighted by molar-refractivity contribution is -0.136. The molecule has 0 bridgehead atoms. The van der Waals surface area contributed by atoms with Crippen LogP contribution in [0.3, 0.4) is 0 Å². The van der Waals surface area contributed by atoms with Crippen LogP contribution in [0.1, 0.15) is 36.0 Å². The van der Waals surface area contributed by atoms with E-state index in [1.54, 1.807) is 0 Å². The number of carbonyl (C=O) groups is 1. The summed E-state index contributed by atoms with van der Waals surface area (Å²) in [5, 5.41) is 12.5. The van der Waals surface area contributed by atoms with Gasteiger partial charge in [0.15, 0.2) is 5.13 Å². The van der Waals surface area contributed by atoms with Gasteiger partial charge in [0.2, 0.25) is 0 Å². The van der Waals surface area contributed by atoms with Gasteiger partial charge < -0.3 is 10.4 Å². The highest BCUT2D eigenvalue weighted by atomic mass is 32.2. The minimum absolute atomic E-state index is 0.0792. The number of nitrogens with zero attached hydrogens (tertiary/aromatic N) is 1. The number of sulfonamides is 1. The van der Waals surface area contributed by atoms with Crippen molar-refractivity contribution in [3.05, 3.63) is 40.4 Å². The summed E-state index contributed by atoms with van der Waals surface area (Å²) in [5.41, 5.74) is 1.46. The maximum Gasteiger partial charge on any atom is 0.307 e. The highest BCUT2D eigenvalue weighted by molar-refractivity contribution is 7.93. The van der Waals surface area contributed by atoms with E-state index in [4.69, 9.17) is 5.11 Å². The Balaban J connectivity index is 1.78. The summed E-state index contributed by atoms with van der Waals surface area (Å²) in [6.45, 7) is 4.88. The normalized spacial score (nSPS) is 16.8. The van der Waals surface area contributed by atoms with Crippen molar-refractivity contribution in [2.75, 3.05) is 4.72 Å². The predicted octanol–water partition coefficient (Wildman–Crippen LogP) is 2.37. The van der Waals surface area contributed by atoms with Crippen LogP contribution >= 0.6 is 11.3 Å². The van der Waals surface area contributed by atoms with Gasteiger partial charge in [-0.15, -0.1) is 0 Å². The van der Waals surface area contributed by atoms with Crippen LogP contribution in [0.15, 0.2) is 29.2 Å². The molecule has 1 aromatic heterocycles. The summed E-state index contributed by atoms with van der Waals surface area (Å²) in [7, 11) is -3.75. The topological polar surface area (TPSA) is 108 Å². The molecule has 134 valence electrons. The van der Waals surface area contributed by atoms with Crippen LogP contribution in [0, 0.1) is 5.92 Å². The van der Waals surface area contributed by atoms with Crippen molar-refractivity contribution in [2.45, 2.75) is 37.8 Å². The smallest absolute Gasteiger partial charge is 0.307 e. The third kappa shape index (κ3) is 3.83. The molecule has 1 unspecified atom stereocenters. The minimum Gasteiger partial charge on any atom is -0.481 e. The largest absolute Gasteiger partial charge is 0.481 e. The van der Waals surface area contributed by atoms with Crippen LogP contribution in [0.2, 0.25) is 0 Å². The quantitative estimate of drug-likeness (QED) is 0.709. The first-order chi connectivity index (χ1) is 11.8. The second-order valence-corrected chi connectivity index (χ2v) is 9.02. The summed E-state index contributed by atoms with van der Waals surface area (Å²) in [5.74, 6) is -0.589. The van der Waals surface area contributed by atoms with Crippen LogP contribution in [0.25, 0.3) is 0 Å². The van der Waals surface area contributed by atoms with E-state index in [9.17, 15) is 13.2 Å². The van der Waals surface area contributed by atoms with Gasteiger partial charge in [-0.2, -0.15) is 0 Å². The Morgan fingerprint density at radius 1 is 1.40 bits per heavy atom. The second-order valence-electron chi connectivity index (χ2n) is 6.25. The summed E-state index contributed by atoms with van der Waals surface area (Å²) in [4.78, 5) is 16.3. The number of hydrogen-bond acceptors (Lipinski definition) is 6. The molecule has 0 aliphatic carbocycles. The Bertz CT molecular complexity index is 889. The van der Waals surface area contributed by atoms with Gasteiger partial charge in [0.25, 0.3) is 10.0 Å². The van der Waals surface area contributed by atoms with E-state index in [1.165, 1.54) is 35.6 Å². The zero-order valence-corrected chi connectivity index (χ0v) is 15.4. The lowest BCUT2D eigenvalue weighted by Gasteiger charge is -2.14. The summed E-state index contributed by atoms with van der Waals surface area (Å²) < 4.78 is 27.5. The Hall–Kier alpha value is -1.97. The molecular weight excluding hydrogens is 362 g/mol. The highest BCUT2D eigenvalue weighted by Crippen LogP contribution is 2.36. The summed E-state index contributed by atoms with van der Waals surface area (Å²) in [6, 6.07) is 5.95. The van der Waals surface area contributed by atoms with Gasteiger partial charge >= 0.3 is 5.97 Å². The van der Waals surface area contributed by atoms with Crippen LogP contribution in [0.4, 0.5) is 5.13 Å². The lowest BCUT2D eigenvalue weighted by atomic mass is 10.0. The fourth-order valence-electron chi connectivity index (χ4n) is 2.76.